The van der Waals surface area contributed by atoms with E-state index in [-0.39, 0.29) is 6.10 Å². The first-order valence-corrected chi connectivity index (χ1v) is 8.52. The lowest BCUT2D eigenvalue weighted by atomic mass is 10.1. The van der Waals surface area contributed by atoms with Gasteiger partial charge in [0, 0.05) is 36.7 Å². The summed E-state index contributed by atoms with van der Waals surface area (Å²) in [7, 11) is 0. The minimum Gasteiger partial charge on any atom is -0.478 e. The van der Waals surface area contributed by atoms with Crippen molar-refractivity contribution in [1.29, 1.82) is 0 Å². The number of aliphatic hydroxyl groups excluding tert-OH is 1. The monoisotopic (exact) mass is 328 g/mol. The van der Waals surface area contributed by atoms with Gasteiger partial charge in [-0.05, 0) is 55.7 Å². The van der Waals surface area contributed by atoms with Crippen LogP contribution >= 0.6 is 0 Å². The summed E-state index contributed by atoms with van der Waals surface area (Å²) in [5.74, 6) is -0.906. The highest BCUT2D eigenvalue weighted by molar-refractivity contribution is 5.87. The number of aliphatic hydroxyl groups is 1. The molecule has 0 amide bonds. The molecule has 1 saturated heterocycles. The zero-order valence-electron chi connectivity index (χ0n) is 14.0. The van der Waals surface area contributed by atoms with Gasteiger partial charge in [-0.1, -0.05) is 6.92 Å². The van der Waals surface area contributed by atoms with Crippen LogP contribution in [0.2, 0.25) is 0 Å². The molecular formula is C19H24N2O3. The van der Waals surface area contributed by atoms with Crippen molar-refractivity contribution in [1.82, 2.24) is 9.47 Å². The van der Waals surface area contributed by atoms with E-state index >= 15 is 0 Å². The molecule has 3 rings (SSSR count). The van der Waals surface area contributed by atoms with Crippen LogP contribution in [0.15, 0.2) is 36.4 Å². The summed E-state index contributed by atoms with van der Waals surface area (Å²) in [5.41, 5.74) is 3.71. The summed E-state index contributed by atoms with van der Waals surface area (Å²) in [6.07, 6.45) is 2.41. The van der Waals surface area contributed by atoms with Crippen molar-refractivity contribution >= 4 is 5.97 Å². The maximum Gasteiger partial charge on any atom is 0.335 e. The van der Waals surface area contributed by atoms with Gasteiger partial charge in [-0.3, -0.25) is 4.90 Å². The largest absolute Gasteiger partial charge is 0.478 e. The zero-order chi connectivity index (χ0) is 17.1. The molecular weight excluding hydrogens is 304 g/mol. The van der Waals surface area contributed by atoms with Gasteiger partial charge in [-0.25, -0.2) is 4.79 Å². The predicted molar refractivity (Wildman–Crippen MR) is 92.6 cm³/mol. The molecule has 0 aliphatic carbocycles. The lowest BCUT2D eigenvalue weighted by Crippen LogP contribution is -2.35. The van der Waals surface area contributed by atoms with Crippen molar-refractivity contribution < 1.29 is 15.0 Å². The average Bonchev–Trinajstić information content (AvgIpc) is 2.99. The van der Waals surface area contributed by atoms with Crippen molar-refractivity contribution in [3.05, 3.63) is 53.3 Å². The fraction of sp³-hybridized carbons (Fsp3) is 0.421. The fourth-order valence-corrected chi connectivity index (χ4v) is 3.32. The predicted octanol–water partition coefficient (Wildman–Crippen LogP) is 2.69. The van der Waals surface area contributed by atoms with Gasteiger partial charge in [0.15, 0.2) is 0 Å². The van der Waals surface area contributed by atoms with Crippen molar-refractivity contribution in [2.75, 3.05) is 13.1 Å². The van der Waals surface area contributed by atoms with Crippen molar-refractivity contribution in [2.24, 2.45) is 0 Å². The third-order valence-electron chi connectivity index (χ3n) is 4.72. The van der Waals surface area contributed by atoms with Crippen molar-refractivity contribution in [3.8, 4) is 5.69 Å². The number of aromatic nitrogens is 1. The molecule has 5 heteroatoms. The number of carboxylic acid groups (broad SMARTS) is 1. The lowest BCUT2D eigenvalue weighted by Gasteiger charge is -2.30. The highest BCUT2D eigenvalue weighted by atomic mass is 16.4. The Morgan fingerprint density at radius 1 is 1.08 bits per heavy atom. The smallest absolute Gasteiger partial charge is 0.335 e. The third-order valence-corrected chi connectivity index (χ3v) is 4.72. The van der Waals surface area contributed by atoms with Crippen LogP contribution in [0.3, 0.4) is 0 Å². The Bertz CT molecular complexity index is 698. The molecule has 0 spiro atoms. The normalized spacial score (nSPS) is 16.4. The second-order valence-corrected chi connectivity index (χ2v) is 6.36. The Morgan fingerprint density at radius 2 is 1.71 bits per heavy atom. The number of hydrogen-bond donors (Lipinski definition) is 2. The maximum atomic E-state index is 11.0. The third kappa shape index (κ3) is 3.52. The number of hydrogen-bond acceptors (Lipinski definition) is 3. The van der Waals surface area contributed by atoms with E-state index in [0.29, 0.717) is 5.56 Å². The molecule has 1 fully saturated rings. The van der Waals surface area contributed by atoms with Gasteiger partial charge in [-0.15, -0.1) is 0 Å². The van der Waals surface area contributed by atoms with Crippen LogP contribution < -0.4 is 0 Å². The summed E-state index contributed by atoms with van der Waals surface area (Å²) in [6.45, 7) is 4.78. The van der Waals surface area contributed by atoms with Gasteiger partial charge in [-0.2, -0.15) is 0 Å². The van der Waals surface area contributed by atoms with Crippen LogP contribution in [0.4, 0.5) is 0 Å². The molecule has 2 N–H and O–H groups in total. The Balaban J connectivity index is 1.86. The quantitative estimate of drug-likeness (QED) is 0.886. The van der Waals surface area contributed by atoms with E-state index in [1.165, 1.54) is 11.4 Å². The summed E-state index contributed by atoms with van der Waals surface area (Å²) < 4.78 is 2.22. The minimum absolute atomic E-state index is 0.164. The molecule has 0 radical (unpaired) electrons. The number of benzene rings is 1. The van der Waals surface area contributed by atoms with Crippen LogP contribution in [0.25, 0.3) is 5.69 Å². The minimum atomic E-state index is -0.906. The standard InChI is InChI=1S/C19H24N2O3/c1-2-15-7-8-17(13-20-11-9-18(22)10-12-20)21(15)16-5-3-14(4-6-16)19(23)24/h3-8,18,22H,2,9-13H2,1H3,(H,23,24). The van der Waals surface area contributed by atoms with E-state index in [4.69, 9.17) is 5.11 Å². The van der Waals surface area contributed by atoms with Gasteiger partial charge in [0.1, 0.15) is 0 Å². The molecule has 1 aromatic heterocycles. The molecule has 24 heavy (non-hydrogen) atoms. The fourth-order valence-electron chi connectivity index (χ4n) is 3.32. The topological polar surface area (TPSA) is 65.7 Å². The maximum absolute atomic E-state index is 11.0. The number of rotatable bonds is 5. The molecule has 2 aromatic rings. The van der Waals surface area contributed by atoms with E-state index in [2.05, 4.69) is 28.5 Å². The number of piperidine rings is 1. The van der Waals surface area contributed by atoms with Gasteiger partial charge in [0.05, 0.1) is 11.7 Å². The van der Waals surface area contributed by atoms with Gasteiger partial charge < -0.3 is 14.8 Å². The van der Waals surface area contributed by atoms with E-state index in [1.54, 1.807) is 12.1 Å². The average molecular weight is 328 g/mol. The van der Waals surface area contributed by atoms with E-state index in [9.17, 15) is 9.90 Å². The van der Waals surface area contributed by atoms with Gasteiger partial charge >= 0.3 is 5.97 Å². The molecule has 0 saturated carbocycles. The molecule has 1 aliphatic heterocycles. The molecule has 5 nitrogen and oxygen atoms in total. The molecule has 0 atom stereocenters. The van der Waals surface area contributed by atoms with Gasteiger partial charge in [0.2, 0.25) is 0 Å². The number of carbonyl (C=O) groups is 1. The summed E-state index contributed by atoms with van der Waals surface area (Å²) in [6, 6.07) is 11.3. The van der Waals surface area contributed by atoms with E-state index in [1.807, 2.05) is 12.1 Å². The number of likely N-dealkylation sites (tertiary alicyclic amines) is 1. The van der Waals surface area contributed by atoms with Crippen LogP contribution in [0.1, 0.15) is 41.5 Å². The molecule has 0 unspecified atom stereocenters. The Morgan fingerprint density at radius 3 is 2.29 bits per heavy atom. The zero-order valence-corrected chi connectivity index (χ0v) is 14.0. The molecule has 128 valence electrons. The first kappa shape index (κ1) is 16.7. The van der Waals surface area contributed by atoms with E-state index < -0.39 is 5.97 Å². The van der Waals surface area contributed by atoms with Gasteiger partial charge in [0.25, 0.3) is 0 Å². The Hall–Kier alpha value is -2.11. The Labute approximate surface area is 142 Å². The van der Waals surface area contributed by atoms with Crippen LogP contribution in [-0.4, -0.2) is 44.8 Å². The molecule has 1 aliphatic rings. The van der Waals surface area contributed by atoms with Crippen LogP contribution in [0, 0.1) is 0 Å². The van der Waals surface area contributed by atoms with Crippen molar-refractivity contribution in [2.45, 2.75) is 38.8 Å². The molecule has 1 aromatic carbocycles. The number of aromatic carboxylic acids is 1. The summed E-state index contributed by atoms with van der Waals surface area (Å²) in [4.78, 5) is 13.4. The lowest BCUT2D eigenvalue weighted by molar-refractivity contribution is 0.0696. The highest BCUT2D eigenvalue weighted by Gasteiger charge is 2.19. The SMILES string of the molecule is CCc1ccc(CN2CCC(O)CC2)n1-c1ccc(C(=O)O)cc1. The van der Waals surface area contributed by atoms with Crippen LogP contribution in [-0.2, 0) is 13.0 Å². The Kier molecular flexibility index (Phi) is 5.02. The number of nitrogens with zero attached hydrogens (tertiary/aromatic N) is 2. The highest BCUT2D eigenvalue weighted by Crippen LogP contribution is 2.21. The number of aryl methyl sites for hydroxylation is 1. The first-order valence-electron chi connectivity index (χ1n) is 8.52. The molecule has 2 heterocycles. The second-order valence-electron chi connectivity index (χ2n) is 6.36. The second kappa shape index (κ2) is 7.20. The summed E-state index contributed by atoms with van der Waals surface area (Å²) >= 11 is 0. The van der Waals surface area contributed by atoms with Crippen molar-refractivity contribution in [3.63, 3.8) is 0 Å². The van der Waals surface area contributed by atoms with E-state index in [0.717, 1.165) is 44.6 Å². The number of carboxylic acids is 1. The summed E-state index contributed by atoms with van der Waals surface area (Å²) in [5, 5.41) is 18.7. The molecule has 0 bridgehead atoms. The van der Waals surface area contributed by atoms with Crippen LogP contribution in [0.5, 0.6) is 0 Å². The first-order chi connectivity index (χ1) is 11.6.